The Morgan fingerprint density at radius 2 is 2.35 bits per heavy atom. The Kier molecular flexibility index (Phi) is 4.12. The minimum Gasteiger partial charge on any atom is -0.391 e. The molecule has 1 aromatic rings. The zero-order valence-corrected chi connectivity index (χ0v) is 10.6. The quantitative estimate of drug-likeness (QED) is 0.806. The fourth-order valence-corrected chi connectivity index (χ4v) is 2.27. The third-order valence-electron chi connectivity index (χ3n) is 3.20. The Morgan fingerprint density at radius 3 is 3.00 bits per heavy atom. The van der Waals surface area contributed by atoms with Crippen LogP contribution >= 0.6 is 0 Å². The van der Waals surface area contributed by atoms with Crippen molar-refractivity contribution >= 4 is 0 Å². The highest BCUT2D eigenvalue weighted by Crippen LogP contribution is 2.29. The van der Waals surface area contributed by atoms with Gasteiger partial charge in [-0.1, -0.05) is 19.1 Å². The summed E-state index contributed by atoms with van der Waals surface area (Å²) >= 11 is 0. The number of aliphatic hydroxyl groups is 1. The Bertz CT molecular complexity index is 350. The van der Waals surface area contributed by atoms with E-state index in [1.807, 2.05) is 10.9 Å². The van der Waals surface area contributed by atoms with Gasteiger partial charge >= 0.3 is 0 Å². The van der Waals surface area contributed by atoms with Crippen LogP contribution in [0.2, 0.25) is 0 Å². The molecule has 2 rings (SSSR count). The van der Waals surface area contributed by atoms with Crippen molar-refractivity contribution < 1.29 is 5.11 Å². The van der Waals surface area contributed by atoms with Crippen LogP contribution in [0.15, 0.2) is 6.20 Å². The maximum atomic E-state index is 9.80. The molecule has 1 aliphatic rings. The van der Waals surface area contributed by atoms with Crippen molar-refractivity contribution in [2.75, 3.05) is 6.54 Å². The lowest BCUT2D eigenvalue weighted by Crippen LogP contribution is -2.19. The molecule has 1 aromatic heterocycles. The van der Waals surface area contributed by atoms with Crippen LogP contribution in [0.5, 0.6) is 0 Å². The first-order valence-corrected chi connectivity index (χ1v) is 6.46. The molecule has 0 amide bonds. The van der Waals surface area contributed by atoms with Crippen molar-refractivity contribution in [2.45, 2.75) is 51.8 Å². The van der Waals surface area contributed by atoms with E-state index in [1.54, 1.807) is 0 Å². The van der Waals surface area contributed by atoms with Crippen LogP contribution in [0.1, 0.15) is 44.8 Å². The van der Waals surface area contributed by atoms with Crippen LogP contribution in [-0.2, 0) is 6.54 Å². The Balaban J connectivity index is 1.87. The van der Waals surface area contributed by atoms with Gasteiger partial charge in [-0.25, -0.2) is 4.68 Å². The molecule has 1 heterocycles. The van der Waals surface area contributed by atoms with E-state index in [4.69, 9.17) is 0 Å². The highest BCUT2D eigenvalue weighted by Gasteiger charge is 2.27. The van der Waals surface area contributed by atoms with Gasteiger partial charge in [0.1, 0.15) is 0 Å². The zero-order valence-electron chi connectivity index (χ0n) is 10.6. The lowest BCUT2D eigenvalue weighted by atomic mass is 10.2. The molecule has 0 saturated heterocycles. The highest BCUT2D eigenvalue weighted by molar-refractivity contribution is 4.95. The number of hydrogen-bond acceptors (Lipinski definition) is 4. The van der Waals surface area contributed by atoms with Crippen molar-refractivity contribution in [1.29, 1.82) is 0 Å². The van der Waals surface area contributed by atoms with Crippen LogP contribution in [0.3, 0.4) is 0 Å². The topological polar surface area (TPSA) is 63.0 Å². The molecule has 96 valence electrons. The lowest BCUT2D eigenvalue weighted by Gasteiger charge is -2.13. The molecule has 2 atom stereocenters. The van der Waals surface area contributed by atoms with Crippen LogP contribution in [0.4, 0.5) is 0 Å². The molecule has 2 unspecified atom stereocenters. The summed E-state index contributed by atoms with van der Waals surface area (Å²) < 4.78 is 1.82. The van der Waals surface area contributed by atoms with Crippen LogP contribution in [0.25, 0.3) is 0 Å². The SMILES string of the molecule is CC(C)CNCc1cn(C2CCCC2O)nn1. The van der Waals surface area contributed by atoms with Crippen molar-refractivity contribution in [3.63, 3.8) is 0 Å². The van der Waals surface area contributed by atoms with Gasteiger partial charge in [0, 0.05) is 6.54 Å². The minimum atomic E-state index is -0.256. The largest absolute Gasteiger partial charge is 0.391 e. The van der Waals surface area contributed by atoms with Crippen molar-refractivity contribution in [1.82, 2.24) is 20.3 Å². The van der Waals surface area contributed by atoms with Gasteiger partial charge in [0.25, 0.3) is 0 Å². The molecule has 1 fully saturated rings. The van der Waals surface area contributed by atoms with E-state index >= 15 is 0 Å². The summed E-state index contributed by atoms with van der Waals surface area (Å²) in [6.07, 6.45) is 4.65. The van der Waals surface area contributed by atoms with Crippen molar-refractivity contribution in [2.24, 2.45) is 5.92 Å². The fourth-order valence-electron chi connectivity index (χ4n) is 2.27. The Hall–Kier alpha value is -0.940. The number of aliphatic hydroxyl groups excluding tert-OH is 1. The number of nitrogens with zero attached hydrogens (tertiary/aromatic N) is 3. The van der Waals surface area contributed by atoms with E-state index in [2.05, 4.69) is 29.5 Å². The predicted octanol–water partition coefficient (Wildman–Crippen LogP) is 1.11. The summed E-state index contributed by atoms with van der Waals surface area (Å²) in [6, 6.07) is 0.126. The molecule has 2 N–H and O–H groups in total. The van der Waals surface area contributed by atoms with Gasteiger partial charge in [-0.15, -0.1) is 5.10 Å². The smallest absolute Gasteiger partial charge is 0.0964 e. The van der Waals surface area contributed by atoms with E-state index in [0.29, 0.717) is 5.92 Å². The van der Waals surface area contributed by atoms with Gasteiger partial charge in [0.05, 0.1) is 24.0 Å². The maximum Gasteiger partial charge on any atom is 0.0964 e. The minimum absolute atomic E-state index is 0.126. The third-order valence-corrected chi connectivity index (χ3v) is 3.20. The summed E-state index contributed by atoms with van der Waals surface area (Å²) in [5.41, 5.74) is 0.949. The van der Waals surface area contributed by atoms with Crippen molar-refractivity contribution in [3.8, 4) is 0 Å². The van der Waals surface area contributed by atoms with Gasteiger partial charge in [-0.05, 0) is 31.7 Å². The molecule has 5 heteroatoms. The number of nitrogens with one attached hydrogen (secondary N) is 1. The first-order valence-electron chi connectivity index (χ1n) is 6.46. The second-order valence-electron chi connectivity index (χ2n) is 5.28. The molecule has 0 aliphatic heterocycles. The lowest BCUT2D eigenvalue weighted by molar-refractivity contribution is 0.129. The van der Waals surface area contributed by atoms with Crippen LogP contribution in [0, 0.1) is 5.92 Å². The average molecular weight is 238 g/mol. The van der Waals surface area contributed by atoms with Crippen LogP contribution in [-0.4, -0.2) is 32.7 Å². The predicted molar refractivity (Wildman–Crippen MR) is 65.5 cm³/mol. The van der Waals surface area contributed by atoms with Gasteiger partial charge < -0.3 is 10.4 Å². The number of hydrogen-bond donors (Lipinski definition) is 2. The molecule has 0 radical (unpaired) electrons. The first-order chi connectivity index (χ1) is 8.16. The molecule has 5 nitrogen and oxygen atoms in total. The summed E-state index contributed by atoms with van der Waals surface area (Å²) in [4.78, 5) is 0. The number of aromatic nitrogens is 3. The van der Waals surface area contributed by atoms with E-state index < -0.39 is 0 Å². The Morgan fingerprint density at radius 1 is 1.53 bits per heavy atom. The standard InChI is InChI=1S/C12H22N4O/c1-9(2)6-13-7-10-8-16(15-14-10)11-4-3-5-12(11)17/h8-9,11-13,17H,3-7H2,1-2H3. The van der Waals surface area contributed by atoms with Gasteiger partial charge in [0.2, 0.25) is 0 Å². The van der Waals surface area contributed by atoms with E-state index in [1.165, 1.54) is 0 Å². The highest BCUT2D eigenvalue weighted by atomic mass is 16.3. The van der Waals surface area contributed by atoms with E-state index in [-0.39, 0.29) is 12.1 Å². The number of rotatable bonds is 5. The first kappa shape index (κ1) is 12.5. The summed E-state index contributed by atoms with van der Waals surface area (Å²) in [5, 5.41) is 21.4. The molecule has 1 aliphatic carbocycles. The van der Waals surface area contributed by atoms with E-state index in [9.17, 15) is 5.11 Å². The third kappa shape index (κ3) is 3.26. The molecule has 0 aromatic carbocycles. The summed E-state index contributed by atoms with van der Waals surface area (Å²) in [7, 11) is 0. The van der Waals surface area contributed by atoms with Crippen molar-refractivity contribution in [3.05, 3.63) is 11.9 Å². The second-order valence-corrected chi connectivity index (χ2v) is 5.28. The van der Waals surface area contributed by atoms with Gasteiger partial charge in [-0.2, -0.15) is 0 Å². The molecular formula is C12H22N4O. The maximum absolute atomic E-state index is 9.80. The van der Waals surface area contributed by atoms with Gasteiger partial charge in [0.15, 0.2) is 0 Å². The summed E-state index contributed by atoms with van der Waals surface area (Å²) in [5.74, 6) is 0.640. The second kappa shape index (κ2) is 5.60. The molecule has 0 spiro atoms. The summed E-state index contributed by atoms with van der Waals surface area (Å²) in [6.45, 7) is 6.09. The normalized spacial score (nSPS) is 24.7. The average Bonchev–Trinajstić information content (AvgIpc) is 2.86. The molecule has 0 bridgehead atoms. The molecule has 17 heavy (non-hydrogen) atoms. The Labute approximate surface area is 102 Å². The van der Waals surface area contributed by atoms with Gasteiger partial charge in [-0.3, -0.25) is 0 Å². The van der Waals surface area contributed by atoms with E-state index in [0.717, 1.165) is 38.0 Å². The molecule has 1 saturated carbocycles. The molecular weight excluding hydrogens is 216 g/mol. The monoisotopic (exact) mass is 238 g/mol. The fraction of sp³-hybridized carbons (Fsp3) is 0.833. The zero-order chi connectivity index (χ0) is 12.3. The van der Waals surface area contributed by atoms with Crippen LogP contribution < -0.4 is 5.32 Å².